The van der Waals surface area contributed by atoms with Crippen LogP contribution in [0.4, 0.5) is 4.39 Å². The lowest BCUT2D eigenvalue weighted by atomic mass is 10.1. The lowest BCUT2D eigenvalue weighted by molar-refractivity contribution is 0.299. The minimum Gasteiger partial charge on any atom is -0.489 e. The summed E-state index contributed by atoms with van der Waals surface area (Å²) < 4.78 is 19.4. The maximum absolute atomic E-state index is 13.9. The van der Waals surface area contributed by atoms with Crippen molar-refractivity contribution in [3.05, 3.63) is 65.0 Å². The van der Waals surface area contributed by atoms with Gasteiger partial charge >= 0.3 is 0 Å². The molecule has 0 fully saturated rings. The van der Waals surface area contributed by atoms with E-state index in [-0.39, 0.29) is 18.2 Å². The van der Waals surface area contributed by atoms with Crippen LogP contribution >= 0.6 is 0 Å². The van der Waals surface area contributed by atoms with Crippen molar-refractivity contribution >= 4 is 0 Å². The monoisotopic (exact) mass is 284 g/mol. The maximum atomic E-state index is 13.9. The number of hydrogen-bond donors (Lipinski definition) is 1. The fourth-order valence-electron chi connectivity index (χ4n) is 1.99. The van der Waals surface area contributed by atoms with Crippen LogP contribution in [0.2, 0.25) is 0 Å². The van der Waals surface area contributed by atoms with Crippen molar-refractivity contribution < 1.29 is 9.13 Å². The molecule has 0 aliphatic rings. The Morgan fingerprint density at radius 1 is 1.24 bits per heavy atom. The molecule has 3 nitrogen and oxygen atoms in total. The molecule has 108 valence electrons. The Bertz CT molecular complexity index is 647. The first kappa shape index (κ1) is 15.0. The molecule has 0 aliphatic heterocycles. The number of nitriles is 1. The minimum atomic E-state index is -0.523. The van der Waals surface area contributed by atoms with Gasteiger partial charge in [-0.05, 0) is 30.2 Å². The molecule has 0 bridgehead atoms. The second-order valence-corrected chi connectivity index (χ2v) is 4.76. The van der Waals surface area contributed by atoms with Crippen molar-refractivity contribution in [1.82, 2.24) is 0 Å². The van der Waals surface area contributed by atoms with Crippen molar-refractivity contribution in [1.29, 1.82) is 5.26 Å². The van der Waals surface area contributed by atoms with E-state index in [4.69, 9.17) is 15.7 Å². The van der Waals surface area contributed by atoms with Crippen LogP contribution in [-0.4, -0.2) is 0 Å². The number of hydrogen-bond acceptors (Lipinski definition) is 3. The number of ether oxygens (including phenoxy) is 1. The molecule has 0 aromatic heterocycles. The van der Waals surface area contributed by atoms with E-state index >= 15 is 0 Å². The first-order chi connectivity index (χ1) is 10.2. The predicted molar refractivity (Wildman–Crippen MR) is 79.1 cm³/mol. The van der Waals surface area contributed by atoms with Gasteiger partial charge in [-0.25, -0.2) is 4.39 Å². The normalized spacial score (nSPS) is 11.7. The van der Waals surface area contributed by atoms with Crippen LogP contribution in [0.5, 0.6) is 5.75 Å². The molecule has 0 radical (unpaired) electrons. The van der Waals surface area contributed by atoms with E-state index in [0.717, 1.165) is 12.0 Å². The van der Waals surface area contributed by atoms with Crippen LogP contribution in [0.15, 0.2) is 42.5 Å². The molecule has 0 heterocycles. The molecular formula is C17H17FN2O. The average Bonchev–Trinajstić information content (AvgIpc) is 2.53. The SMILES string of the molecule is CC[C@@H](N)c1ccc(OCc2cccc(C#N)c2F)cc1. The number of halogens is 1. The van der Waals surface area contributed by atoms with Gasteiger partial charge in [0.05, 0.1) is 5.56 Å². The molecule has 0 unspecified atom stereocenters. The quantitative estimate of drug-likeness (QED) is 0.911. The second kappa shape index (κ2) is 6.87. The maximum Gasteiger partial charge on any atom is 0.147 e. The molecule has 0 amide bonds. The number of rotatable bonds is 5. The molecule has 2 rings (SSSR count). The van der Waals surface area contributed by atoms with E-state index in [0.29, 0.717) is 11.3 Å². The first-order valence-corrected chi connectivity index (χ1v) is 6.81. The summed E-state index contributed by atoms with van der Waals surface area (Å²) >= 11 is 0. The van der Waals surface area contributed by atoms with Gasteiger partial charge in [0.1, 0.15) is 24.2 Å². The first-order valence-electron chi connectivity index (χ1n) is 6.81. The van der Waals surface area contributed by atoms with Gasteiger partial charge in [-0.3, -0.25) is 0 Å². The Kier molecular flexibility index (Phi) is 4.91. The summed E-state index contributed by atoms with van der Waals surface area (Å²) in [5.74, 6) is 0.119. The van der Waals surface area contributed by atoms with Gasteiger partial charge in [0.2, 0.25) is 0 Å². The van der Waals surface area contributed by atoms with E-state index in [1.165, 1.54) is 6.07 Å². The zero-order chi connectivity index (χ0) is 15.2. The van der Waals surface area contributed by atoms with Crippen LogP contribution in [0.3, 0.4) is 0 Å². The molecule has 4 heteroatoms. The highest BCUT2D eigenvalue weighted by Crippen LogP contribution is 2.20. The van der Waals surface area contributed by atoms with E-state index < -0.39 is 5.82 Å². The Morgan fingerprint density at radius 2 is 1.95 bits per heavy atom. The Hall–Kier alpha value is -2.38. The van der Waals surface area contributed by atoms with Crippen LogP contribution in [0, 0.1) is 17.1 Å². The Morgan fingerprint density at radius 3 is 2.57 bits per heavy atom. The third-order valence-electron chi connectivity index (χ3n) is 3.34. The lowest BCUT2D eigenvalue weighted by Gasteiger charge is -2.11. The molecular weight excluding hydrogens is 267 g/mol. The van der Waals surface area contributed by atoms with E-state index in [1.807, 2.05) is 37.3 Å². The summed E-state index contributed by atoms with van der Waals surface area (Å²) in [4.78, 5) is 0. The number of benzene rings is 2. The van der Waals surface area contributed by atoms with Crippen molar-refractivity contribution in [2.75, 3.05) is 0 Å². The fourth-order valence-corrected chi connectivity index (χ4v) is 1.99. The van der Waals surface area contributed by atoms with Gasteiger partial charge in [0.15, 0.2) is 0 Å². The molecule has 21 heavy (non-hydrogen) atoms. The zero-order valence-corrected chi connectivity index (χ0v) is 11.8. The zero-order valence-electron chi connectivity index (χ0n) is 11.8. The number of nitrogens with two attached hydrogens (primary N) is 1. The molecule has 0 spiro atoms. The molecule has 0 aliphatic carbocycles. The number of nitrogens with zero attached hydrogens (tertiary/aromatic N) is 1. The van der Waals surface area contributed by atoms with Crippen LogP contribution < -0.4 is 10.5 Å². The topological polar surface area (TPSA) is 59.0 Å². The smallest absolute Gasteiger partial charge is 0.147 e. The lowest BCUT2D eigenvalue weighted by Crippen LogP contribution is -2.08. The van der Waals surface area contributed by atoms with Crippen molar-refractivity contribution in [3.8, 4) is 11.8 Å². The van der Waals surface area contributed by atoms with Gasteiger partial charge in [0, 0.05) is 11.6 Å². The third-order valence-corrected chi connectivity index (χ3v) is 3.34. The third kappa shape index (κ3) is 3.59. The highest BCUT2D eigenvalue weighted by molar-refractivity contribution is 5.35. The van der Waals surface area contributed by atoms with Crippen molar-refractivity contribution in [2.45, 2.75) is 26.0 Å². The molecule has 1 atom stereocenters. The van der Waals surface area contributed by atoms with Gasteiger partial charge in [-0.2, -0.15) is 5.26 Å². The summed E-state index contributed by atoms with van der Waals surface area (Å²) in [5.41, 5.74) is 7.38. The highest BCUT2D eigenvalue weighted by Gasteiger charge is 2.08. The van der Waals surface area contributed by atoms with Crippen molar-refractivity contribution in [3.63, 3.8) is 0 Å². The van der Waals surface area contributed by atoms with Crippen molar-refractivity contribution in [2.24, 2.45) is 5.73 Å². The summed E-state index contributed by atoms with van der Waals surface area (Å²) in [6, 6.07) is 14.0. The van der Waals surface area contributed by atoms with Gasteiger partial charge in [0.25, 0.3) is 0 Å². The molecule has 2 N–H and O–H groups in total. The Balaban J connectivity index is 2.05. The largest absolute Gasteiger partial charge is 0.489 e. The molecule has 0 saturated carbocycles. The summed E-state index contributed by atoms with van der Waals surface area (Å²) in [7, 11) is 0. The van der Waals surface area contributed by atoms with Gasteiger partial charge in [-0.15, -0.1) is 0 Å². The van der Waals surface area contributed by atoms with Crippen LogP contribution in [0.1, 0.15) is 36.1 Å². The molecule has 2 aromatic carbocycles. The second-order valence-electron chi connectivity index (χ2n) is 4.76. The van der Waals surface area contributed by atoms with Gasteiger partial charge < -0.3 is 10.5 Å². The summed E-state index contributed by atoms with van der Waals surface area (Å²) in [5, 5.41) is 8.79. The van der Waals surface area contributed by atoms with E-state index in [2.05, 4.69) is 0 Å². The minimum absolute atomic E-state index is 0.0174. The predicted octanol–water partition coefficient (Wildman–Crippen LogP) is 3.69. The molecule has 0 saturated heterocycles. The van der Waals surface area contributed by atoms with Crippen LogP contribution in [-0.2, 0) is 6.61 Å². The standard InChI is InChI=1S/C17H17FN2O/c1-2-16(20)12-6-8-15(9-7-12)21-11-14-5-3-4-13(10-19)17(14)18/h3-9,16H,2,11,20H2,1H3/t16-/m1/s1. The van der Waals surface area contributed by atoms with E-state index in [9.17, 15) is 4.39 Å². The van der Waals surface area contributed by atoms with Gasteiger partial charge in [-0.1, -0.05) is 31.2 Å². The van der Waals surface area contributed by atoms with E-state index in [1.54, 1.807) is 12.1 Å². The highest BCUT2D eigenvalue weighted by atomic mass is 19.1. The van der Waals surface area contributed by atoms with Crippen LogP contribution in [0.25, 0.3) is 0 Å². The Labute approximate surface area is 123 Å². The summed E-state index contributed by atoms with van der Waals surface area (Å²) in [6.45, 7) is 2.11. The molecule has 2 aromatic rings. The fraction of sp³-hybridized carbons (Fsp3) is 0.235. The average molecular weight is 284 g/mol. The summed E-state index contributed by atoms with van der Waals surface area (Å²) in [6.07, 6.45) is 0.867.